The van der Waals surface area contributed by atoms with Crippen LogP contribution in [0.4, 0.5) is 5.82 Å². The number of methoxy groups -OCH3 is 1. The van der Waals surface area contributed by atoms with Crippen molar-refractivity contribution in [3.63, 3.8) is 0 Å². The molecule has 0 fully saturated rings. The third-order valence-electron chi connectivity index (χ3n) is 4.92. The van der Waals surface area contributed by atoms with E-state index in [0.717, 1.165) is 16.7 Å². The Balaban J connectivity index is 1.79. The van der Waals surface area contributed by atoms with Crippen LogP contribution in [-0.2, 0) is 32.6 Å². The standard InChI is InChI=1S/C23H25N3O6S/c1-5-16-7-8-18(30-4)20(13-16)33(28,29)26-23-22-15(3)11-17(12-19(22)32-25-23)14-31-10-9-24-21(27)6-2/h2,7-8,11-13H,5,9-10,14H2,1,3-4H3,(H,24,27)(H,25,26). The van der Waals surface area contributed by atoms with Gasteiger partial charge < -0.3 is 19.3 Å². The quantitative estimate of drug-likeness (QED) is 0.345. The van der Waals surface area contributed by atoms with Crippen LogP contribution < -0.4 is 14.8 Å². The Morgan fingerprint density at radius 1 is 1.24 bits per heavy atom. The number of hydrogen-bond acceptors (Lipinski definition) is 7. The van der Waals surface area contributed by atoms with Crippen LogP contribution in [0.1, 0.15) is 23.6 Å². The van der Waals surface area contributed by atoms with Gasteiger partial charge in [-0.15, -0.1) is 6.42 Å². The average Bonchev–Trinajstić information content (AvgIpc) is 3.20. The number of aromatic nitrogens is 1. The van der Waals surface area contributed by atoms with E-state index < -0.39 is 15.9 Å². The molecule has 0 unspecified atom stereocenters. The van der Waals surface area contributed by atoms with Crippen molar-refractivity contribution in [2.75, 3.05) is 25.0 Å². The smallest absolute Gasteiger partial charge is 0.295 e. The molecule has 0 saturated carbocycles. The van der Waals surface area contributed by atoms with Crippen molar-refractivity contribution in [2.45, 2.75) is 31.8 Å². The second-order valence-electron chi connectivity index (χ2n) is 7.21. The highest BCUT2D eigenvalue weighted by molar-refractivity contribution is 7.92. The van der Waals surface area contributed by atoms with Gasteiger partial charge in [0.1, 0.15) is 10.6 Å². The maximum absolute atomic E-state index is 13.1. The second kappa shape index (κ2) is 10.4. The topological polar surface area (TPSA) is 120 Å². The maximum atomic E-state index is 13.1. The molecule has 0 aliphatic carbocycles. The summed E-state index contributed by atoms with van der Waals surface area (Å²) in [6.45, 7) is 4.61. The fraction of sp³-hybridized carbons (Fsp3) is 0.304. The molecule has 1 aromatic heterocycles. The lowest BCUT2D eigenvalue weighted by molar-refractivity contribution is -0.115. The Kier molecular flexibility index (Phi) is 7.58. The van der Waals surface area contributed by atoms with E-state index in [0.29, 0.717) is 23.9 Å². The van der Waals surface area contributed by atoms with E-state index in [-0.39, 0.29) is 29.7 Å². The van der Waals surface area contributed by atoms with Crippen LogP contribution in [0.2, 0.25) is 0 Å². The van der Waals surface area contributed by atoms with Crippen LogP contribution >= 0.6 is 0 Å². The van der Waals surface area contributed by atoms with Crippen LogP contribution in [0.3, 0.4) is 0 Å². The molecule has 2 aromatic carbocycles. The van der Waals surface area contributed by atoms with Gasteiger partial charge in [-0.3, -0.25) is 9.52 Å². The van der Waals surface area contributed by atoms with Gasteiger partial charge in [-0.05, 0) is 54.2 Å². The Labute approximate surface area is 192 Å². The number of benzene rings is 2. The van der Waals surface area contributed by atoms with Crippen molar-refractivity contribution in [3.8, 4) is 18.1 Å². The number of carbonyl (C=O) groups is 1. The summed E-state index contributed by atoms with van der Waals surface area (Å²) < 4.78 is 44.9. The molecule has 0 aliphatic heterocycles. The summed E-state index contributed by atoms with van der Waals surface area (Å²) in [4.78, 5) is 11.0. The molecule has 174 valence electrons. The third-order valence-corrected chi connectivity index (χ3v) is 6.28. The van der Waals surface area contributed by atoms with Crippen molar-refractivity contribution in [3.05, 3.63) is 47.0 Å². The van der Waals surface area contributed by atoms with E-state index >= 15 is 0 Å². The first-order valence-corrected chi connectivity index (χ1v) is 11.7. The summed E-state index contributed by atoms with van der Waals surface area (Å²) in [5.74, 6) is 1.80. The van der Waals surface area contributed by atoms with Crippen LogP contribution in [-0.4, -0.2) is 39.7 Å². The number of ether oxygens (including phenoxy) is 2. The predicted octanol–water partition coefficient (Wildman–Crippen LogP) is 2.77. The number of sulfonamides is 1. The van der Waals surface area contributed by atoms with E-state index in [1.54, 1.807) is 18.2 Å². The highest BCUT2D eigenvalue weighted by Crippen LogP contribution is 2.32. The second-order valence-corrected chi connectivity index (χ2v) is 8.86. The highest BCUT2D eigenvalue weighted by Gasteiger charge is 2.24. The minimum Gasteiger partial charge on any atom is -0.495 e. The number of amides is 1. The molecular weight excluding hydrogens is 446 g/mol. The number of nitrogens with one attached hydrogen (secondary N) is 2. The van der Waals surface area contributed by atoms with Crippen molar-refractivity contribution in [1.82, 2.24) is 10.5 Å². The SMILES string of the molecule is C#CC(=O)NCCOCc1cc(C)c2c(NS(=O)(=O)c3cc(CC)ccc3OC)noc2c1. The molecule has 0 bridgehead atoms. The fourth-order valence-corrected chi connectivity index (χ4v) is 4.53. The number of terminal acetylenes is 1. The molecule has 0 radical (unpaired) electrons. The van der Waals surface area contributed by atoms with E-state index in [9.17, 15) is 13.2 Å². The van der Waals surface area contributed by atoms with Gasteiger partial charge in [0.05, 0.1) is 25.7 Å². The van der Waals surface area contributed by atoms with Crippen LogP contribution in [0.5, 0.6) is 5.75 Å². The van der Waals surface area contributed by atoms with Gasteiger partial charge in [-0.25, -0.2) is 8.42 Å². The maximum Gasteiger partial charge on any atom is 0.295 e. The predicted molar refractivity (Wildman–Crippen MR) is 123 cm³/mol. The van der Waals surface area contributed by atoms with E-state index in [1.807, 2.05) is 31.9 Å². The lowest BCUT2D eigenvalue weighted by Crippen LogP contribution is -2.25. The molecule has 3 rings (SSSR count). The summed E-state index contributed by atoms with van der Waals surface area (Å²) >= 11 is 0. The van der Waals surface area contributed by atoms with Gasteiger partial charge in [0, 0.05) is 6.54 Å². The summed E-state index contributed by atoms with van der Waals surface area (Å²) in [7, 11) is -2.56. The molecule has 0 atom stereocenters. The van der Waals surface area contributed by atoms with Gasteiger partial charge in [-0.2, -0.15) is 0 Å². The Hall–Kier alpha value is -3.55. The highest BCUT2D eigenvalue weighted by atomic mass is 32.2. The molecule has 0 spiro atoms. The van der Waals surface area contributed by atoms with E-state index in [2.05, 4.69) is 15.2 Å². The number of nitrogens with zero attached hydrogens (tertiary/aromatic N) is 1. The first-order valence-electron chi connectivity index (χ1n) is 10.2. The largest absolute Gasteiger partial charge is 0.495 e. The van der Waals surface area contributed by atoms with Gasteiger partial charge in [0.15, 0.2) is 11.4 Å². The number of aryl methyl sites for hydroxylation is 2. The van der Waals surface area contributed by atoms with Gasteiger partial charge >= 0.3 is 0 Å². The van der Waals surface area contributed by atoms with Gasteiger partial charge in [0.25, 0.3) is 15.9 Å². The zero-order chi connectivity index (χ0) is 24.0. The average molecular weight is 472 g/mol. The van der Waals surface area contributed by atoms with Gasteiger partial charge in [-0.1, -0.05) is 24.2 Å². The Morgan fingerprint density at radius 2 is 2.03 bits per heavy atom. The molecule has 1 amide bonds. The minimum absolute atomic E-state index is 0.0279. The number of carbonyl (C=O) groups excluding carboxylic acids is 1. The monoisotopic (exact) mass is 471 g/mol. The normalized spacial score (nSPS) is 11.2. The first-order chi connectivity index (χ1) is 15.8. The molecule has 0 saturated heterocycles. The Bertz CT molecular complexity index is 1310. The molecule has 3 aromatic rings. The van der Waals surface area contributed by atoms with Crippen LogP contribution in [0, 0.1) is 19.3 Å². The van der Waals surface area contributed by atoms with Crippen molar-refractivity contribution >= 4 is 32.7 Å². The van der Waals surface area contributed by atoms with Crippen molar-refractivity contribution in [1.29, 1.82) is 0 Å². The van der Waals surface area contributed by atoms with E-state index in [1.165, 1.54) is 7.11 Å². The molecule has 1 heterocycles. The van der Waals surface area contributed by atoms with Crippen molar-refractivity contribution < 1.29 is 27.2 Å². The summed E-state index contributed by atoms with van der Waals surface area (Å²) in [5.41, 5.74) is 2.85. The van der Waals surface area contributed by atoms with Crippen LogP contribution in [0.25, 0.3) is 11.0 Å². The first kappa shape index (κ1) is 24.1. The summed E-state index contributed by atoms with van der Waals surface area (Å²) in [6.07, 6.45) is 5.66. The summed E-state index contributed by atoms with van der Waals surface area (Å²) in [5, 5.41) is 6.99. The lowest BCUT2D eigenvalue weighted by atomic mass is 10.1. The van der Waals surface area contributed by atoms with Crippen molar-refractivity contribution in [2.24, 2.45) is 0 Å². The van der Waals surface area contributed by atoms with Gasteiger partial charge in [0.2, 0.25) is 0 Å². The van der Waals surface area contributed by atoms with E-state index in [4.69, 9.17) is 20.4 Å². The zero-order valence-corrected chi connectivity index (χ0v) is 19.4. The summed E-state index contributed by atoms with van der Waals surface area (Å²) in [6, 6.07) is 8.61. The number of rotatable bonds is 10. The molecule has 0 aliphatic rings. The minimum atomic E-state index is -3.98. The molecule has 9 nitrogen and oxygen atoms in total. The lowest BCUT2D eigenvalue weighted by Gasteiger charge is -2.12. The zero-order valence-electron chi connectivity index (χ0n) is 18.6. The number of hydrogen-bond donors (Lipinski definition) is 2. The molecule has 33 heavy (non-hydrogen) atoms. The number of anilines is 1. The molecule has 10 heteroatoms. The van der Waals surface area contributed by atoms with Crippen LogP contribution in [0.15, 0.2) is 39.8 Å². The number of fused-ring (bicyclic) bond motifs is 1. The fourth-order valence-electron chi connectivity index (χ4n) is 3.31. The third kappa shape index (κ3) is 5.63. The molecular formula is C23H25N3O6S. The Morgan fingerprint density at radius 3 is 2.73 bits per heavy atom. The molecule has 2 N–H and O–H groups in total.